The van der Waals surface area contributed by atoms with Gasteiger partial charge in [-0.25, -0.2) is 0 Å². The molecule has 1 atom stereocenters. The van der Waals surface area contributed by atoms with Crippen LogP contribution in [0.25, 0.3) is 0 Å². The number of nitrogens with one attached hydrogen (secondary N) is 1. The summed E-state index contributed by atoms with van der Waals surface area (Å²) < 4.78 is 11.2. The van der Waals surface area contributed by atoms with Crippen molar-refractivity contribution in [2.24, 2.45) is 0 Å². The zero-order valence-electron chi connectivity index (χ0n) is 9.93. The number of nitro benzene ring substituents is 1. The van der Waals surface area contributed by atoms with E-state index in [9.17, 15) is 14.3 Å². The largest absolute Gasteiger partial charge is 0.384 e. The van der Waals surface area contributed by atoms with Gasteiger partial charge in [0.1, 0.15) is 0 Å². The molecule has 6 heteroatoms. The van der Waals surface area contributed by atoms with Crippen molar-refractivity contribution in [2.45, 2.75) is 13.8 Å². The van der Waals surface area contributed by atoms with Crippen molar-refractivity contribution in [3.8, 4) is 0 Å². The predicted octanol–water partition coefficient (Wildman–Crippen LogP) is 2.08. The Morgan fingerprint density at radius 2 is 2.18 bits per heavy atom. The first kappa shape index (κ1) is 13.6. The van der Waals surface area contributed by atoms with E-state index in [2.05, 4.69) is 5.32 Å². The van der Waals surface area contributed by atoms with E-state index >= 15 is 0 Å². The van der Waals surface area contributed by atoms with E-state index in [1.54, 1.807) is 19.1 Å². The fraction of sp³-hybridized carbons (Fsp3) is 0.455. The summed E-state index contributed by atoms with van der Waals surface area (Å²) in [4.78, 5) is 10.3. The third kappa shape index (κ3) is 3.81. The van der Waals surface area contributed by atoms with Crippen molar-refractivity contribution in [3.63, 3.8) is 0 Å². The predicted molar refractivity (Wildman–Crippen MR) is 69.9 cm³/mol. The lowest BCUT2D eigenvalue weighted by Gasteiger charge is -2.08. The van der Waals surface area contributed by atoms with Crippen LogP contribution < -0.4 is 5.32 Å². The minimum Gasteiger partial charge on any atom is -0.384 e. The molecule has 94 valence electrons. The van der Waals surface area contributed by atoms with Crippen molar-refractivity contribution in [2.75, 3.05) is 23.4 Å². The molecule has 1 aromatic carbocycles. The third-order valence-electron chi connectivity index (χ3n) is 2.47. The molecule has 0 heterocycles. The number of hydrogen-bond acceptors (Lipinski definition) is 4. The van der Waals surface area contributed by atoms with Gasteiger partial charge in [-0.05, 0) is 13.0 Å². The van der Waals surface area contributed by atoms with Gasteiger partial charge >= 0.3 is 0 Å². The molecule has 0 aromatic heterocycles. The van der Waals surface area contributed by atoms with E-state index in [0.717, 1.165) is 5.69 Å². The Labute approximate surface area is 103 Å². The number of nitrogens with zero attached hydrogens (tertiary/aromatic N) is 1. The van der Waals surface area contributed by atoms with Crippen LogP contribution in [0.2, 0.25) is 0 Å². The highest BCUT2D eigenvalue weighted by Gasteiger charge is 2.12. The second-order valence-corrected chi connectivity index (χ2v) is 5.43. The van der Waals surface area contributed by atoms with Crippen LogP contribution in [0.4, 0.5) is 11.4 Å². The highest BCUT2D eigenvalue weighted by atomic mass is 32.2. The highest BCUT2D eigenvalue weighted by molar-refractivity contribution is 7.84. The Hall–Kier alpha value is -1.43. The maximum absolute atomic E-state index is 11.2. The van der Waals surface area contributed by atoms with Crippen LogP contribution in [0.3, 0.4) is 0 Å². The standard InChI is InChI=1S/C11H16N2O3S/c1-3-17(16)8-7-12-10-5-4-6-11(9(10)2)13(14)15/h4-6,12H,3,7-8H2,1-2H3. The van der Waals surface area contributed by atoms with E-state index in [4.69, 9.17) is 0 Å². The molecular formula is C11H16N2O3S. The van der Waals surface area contributed by atoms with Gasteiger partial charge in [-0.3, -0.25) is 14.3 Å². The minimum absolute atomic E-state index is 0.103. The second-order valence-electron chi connectivity index (χ2n) is 3.57. The summed E-state index contributed by atoms with van der Waals surface area (Å²) in [5.74, 6) is 1.19. The van der Waals surface area contributed by atoms with Gasteiger partial charge < -0.3 is 5.32 Å². The quantitative estimate of drug-likeness (QED) is 0.624. The van der Waals surface area contributed by atoms with Gasteiger partial charge in [0.25, 0.3) is 5.69 Å². The lowest BCUT2D eigenvalue weighted by Crippen LogP contribution is -2.12. The lowest BCUT2D eigenvalue weighted by atomic mass is 10.1. The Balaban J connectivity index is 2.69. The molecule has 0 aliphatic heterocycles. The maximum Gasteiger partial charge on any atom is 0.274 e. The van der Waals surface area contributed by atoms with E-state index in [1.165, 1.54) is 6.07 Å². The minimum atomic E-state index is -0.818. The average molecular weight is 256 g/mol. The summed E-state index contributed by atoms with van der Waals surface area (Å²) in [6.07, 6.45) is 0. The van der Waals surface area contributed by atoms with Crippen LogP contribution in [-0.4, -0.2) is 27.2 Å². The molecule has 0 spiro atoms. The molecule has 1 rings (SSSR count). The first-order chi connectivity index (χ1) is 8.06. The fourth-order valence-corrected chi connectivity index (χ4v) is 2.08. The molecule has 0 fully saturated rings. The lowest BCUT2D eigenvalue weighted by molar-refractivity contribution is -0.385. The summed E-state index contributed by atoms with van der Waals surface area (Å²) in [5, 5.41) is 13.8. The Bertz CT molecular complexity index is 435. The number of hydrogen-bond donors (Lipinski definition) is 1. The van der Waals surface area contributed by atoms with Crippen LogP contribution in [0.15, 0.2) is 18.2 Å². The van der Waals surface area contributed by atoms with Gasteiger partial charge in [0.2, 0.25) is 0 Å². The molecule has 1 N–H and O–H groups in total. The number of anilines is 1. The monoisotopic (exact) mass is 256 g/mol. The molecule has 5 nitrogen and oxygen atoms in total. The zero-order valence-corrected chi connectivity index (χ0v) is 10.8. The van der Waals surface area contributed by atoms with Crippen molar-refractivity contribution < 1.29 is 9.13 Å². The first-order valence-electron chi connectivity index (χ1n) is 5.39. The fourth-order valence-electron chi connectivity index (χ4n) is 1.46. The van der Waals surface area contributed by atoms with Gasteiger partial charge in [0.15, 0.2) is 0 Å². The molecular weight excluding hydrogens is 240 g/mol. The van der Waals surface area contributed by atoms with Gasteiger partial charge in [0, 0.05) is 46.2 Å². The van der Waals surface area contributed by atoms with E-state index in [1.807, 2.05) is 6.92 Å². The van der Waals surface area contributed by atoms with Crippen LogP contribution >= 0.6 is 0 Å². The van der Waals surface area contributed by atoms with E-state index < -0.39 is 15.7 Å². The average Bonchev–Trinajstić information content (AvgIpc) is 2.30. The summed E-state index contributed by atoms with van der Waals surface area (Å²) >= 11 is 0. The highest BCUT2D eigenvalue weighted by Crippen LogP contribution is 2.24. The normalized spacial score (nSPS) is 12.1. The number of benzene rings is 1. The topological polar surface area (TPSA) is 72.2 Å². The van der Waals surface area contributed by atoms with Gasteiger partial charge in [0.05, 0.1) is 4.92 Å². The number of rotatable bonds is 6. The maximum atomic E-state index is 11.2. The van der Waals surface area contributed by atoms with Gasteiger partial charge in [-0.2, -0.15) is 0 Å². The zero-order chi connectivity index (χ0) is 12.8. The molecule has 0 aliphatic carbocycles. The molecule has 0 bridgehead atoms. The summed E-state index contributed by atoms with van der Waals surface area (Å²) in [7, 11) is -0.818. The van der Waals surface area contributed by atoms with Crippen molar-refractivity contribution in [1.82, 2.24) is 0 Å². The molecule has 17 heavy (non-hydrogen) atoms. The van der Waals surface area contributed by atoms with Crippen molar-refractivity contribution in [1.29, 1.82) is 0 Å². The Morgan fingerprint density at radius 1 is 1.47 bits per heavy atom. The Morgan fingerprint density at radius 3 is 2.76 bits per heavy atom. The van der Waals surface area contributed by atoms with E-state index in [0.29, 0.717) is 23.6 Å². The summed E-state index contributed by atoms with van der Waals surface area (Å²) in [6.45, 7) is 4.13. The van der Waals surface area contributed by atoms with Crippen molar-refractivity contribution in [3.05, 3.63) is 33.9 Å². The summed E-state index contributed by atoms with van der Waals surface area (Å²) in [5.41, 5.74) is 1.44. The van der Waals surface area contributed by atoms with Crippen LogP contribution in [0.1, 0.15) is 12.5 Å². The first-order valence-corrected chi connectivity index (χ1v) is 6.88. The van der Waals surface area contributed by atoms with Crippen LogP contribution in [-0.2, 0) is 10.8 Å². The number of nitro groups is 1. The van der Waals surface area contributed by atoms with Crippen molar-refractivity contribution >= 4 is 22.2 Å². The molecule has 0 radical (unpaired) electrons. The van der Waals surface area contributed by atoms with Crippen LogP contribution in [0.5, 0.6) is 0 Å². The van der Waals surface area contributed by atoms with Gasteiger partial charge in [-0.15, -0.1) is 0 Å². The Kier molecular flexibility index (Phi) is 5.09. The smallest absolute Gasteiger partial charge is 0.274 e. The van der Waals surface area contributed by atoms with E-state index in [-0.39, 0.29) is 5.69 Å². The van der Waals surface area contributed by atoms with Crippen LogP contribution in [0, 0.1) is 17.0 Å². The molecule has 1 unspecified atom stereocenters. The molecule has 0 saturated heterocycles. The molecule has 0 amide bonds. The molecule has 0 aliphatic rings. The SMILES string of the molecule is CCS(=O)CCNc1cccc([N+](=O)[O-])c1C. The molecule has 1 aromatic rings. The third-order valence-corrected chi connectivity index (χ3v) is 3.77. The van der Waals surface area contributed by atoms with Gasteiger partial charge in [-0.1, -0.05) is 13.0 Å². The second kappa shape index (κ2) is 6.34. The summed E-state index contributed by atoms with van der Waals surface area (Å²) in [6, 6.07) is 4.91. The molecule has 0 saturated carbocycles.